The molecule has 1 saturated heterocycles. The molecule has 4 rings (SSSR count). The second kappa shape index (κ2) is 11.6. The molecule has 3 heterocycles. The number of thiazole rings is 1. The van der Waals surface area contributed by atoms with Crippen molar-refractivity contribution >= 4 is 46.6 Å². The first-order valence-electron chi connectivity index (χ1n) is 12.9. The third-order valence-corrected chi connectivity index (χ3v) is 6.48. The monoisotopic (exact) mass is 569 g/mol. The Morgan fingerprint density at radius 3 is 2.25 bits per heavy atom. The van der Waals surface area contributed by atoms with Gasteiger partial charge in [-0.1, -0.05) is 0 Å². The van der Waals surface area contributed by atoms with E-state index in [0.717, 1.165) is 5.56 Å². The molecule has 1 aliphatic heterocycles. The number of hydrogen-bond acceptors (Lipinski definition) is 9. The summed E-state index contributed by atoms with van der Waals surface area (Å²) in [6, 6.07) is 8.74. The van der Waals surface area contributed by atoms with Crippen molar-refractivity contribution < 1.29 is 28.3 Å². The zero-order chi connectivity index (χ0) is 29.1. The van der Waals surface area contributed by atoms with Gasteiger partial charge in [0.2, 0.25) is 0 Å². The fourth-order valence-electron chi connectivity index (χ4n) is 3.90. The van der Waals surface area contributed by atoms with Crippen molar-refractivity contribution in [2.45, 2.75) is 52.7 Å². The van der Waals surface area contributed by atoms with Gasteiger partial charge in [-0.2, -0.15) is 0 Å². The maximum atomic E-state index is 13.2. The normalized spacial score (nSPS) is 14.1. The number of furan rings is 1. The summed E-state index contributed by atoms with van der Waals surface area (Å²) < 4.78 is 16.3. The van der Waals surface area contributed by atoms with Gasteiger partial charge in [0, 0.05) is 37.1 Å². The van der Waals surface area contributed by atoms with Crippen LogP contribution in [0.4, 0.5) is 26.8 Å². The number of nitrogens with zero attached hydrogens (tertiary/aromatic N) is 3. The number of nitrogens with one attached hydrogen (secondary N) is 2. The molecule has 0 bridgehead atoms. The van der Waals surface area contributed by atoms with Gasteiger partial charge in [0.25, 0.3) is 5.91 Å². The fraction of sp³-hybridized carbons (Fsp3) is 0.429. The number of rotatable bonds is 5. The first-order valence-corrected chi connectivity index (χ1v) is 13.8. The van der Waals surface area contributed by atoms with Crippen molar-refractivity contribution in [1.29, 1.82) is 0 Å². The van der Waals surface area contributed by atoms with Gasteiger partial charge >= 0.3 is 12.2 Å². The second-order valence-corrected chi connectivity index (χ2v) is 12.1. The Morgan fingerprint density at radius 2 is 1.62 bits per heavy atom. The van der Waals surface area contributed by atoms with Crippen molar-refractivity contribution in [2.75, 3.05) is 41.7 Å². The number of carbonyl (C=O) groups is 3. The average molecular weight is 570 g/mol. The van der Waals surface area contributed by atoms with E-state index in [1.54, 1.807) is 62.3 Å². The molecule has 12 heteroatoms. The lowest BCUT2D eigenvalue weighted by Crippen LogP contribution is -2.50. The van der Waals surface area contributed by atoms with Gasteiger partial charge in [-0.25, -0.2) is 14.6 Å². The summed E-state index contributed by atoms with van der Waals surface area (Å²) in [5.74, 6) is 0.851. The number of carbonyl (C=O) groups excluding carboxylic acids is 3. The van der Waals surface area contributed by atoms with Crippen LogP contribution in [0.25, 0.3) is 11.3 Å². The van der Waals surface area contributed by atoms with E-state index in [2.05, 4.69) is 15.6 Å². The highest BCUT2D eigenvalue weighted by molar-refractivity contribution is 7.12. The molecule has 2 N–H and O–H groups in total. The van der Waals surface area contributed by atoms with E-state index in [9.17, 15) is 14.4 Å². The van der Waals surface area contributed by atoms with E-state index in [1.807, 2.05) is 31.1 Å². The molecule has 1 fully saturated rings. The predicted molar refractivity (Wildman–Crippen MR) is 154 cm³/mol. The maximum absolute atomic E-state index is 13.2. The van der Waals surface area contributed by atoms with Crippen LogP contribution in [0.3, 0.4) is 0 Å². The number of piperazine rings is 1. The lowest BCUT2D eigenvalue weighted by molar-refractivity contribution is 0.0240. The van der Waals surface area contributed by atoms with Gasteiger partial charge in [0.1, 0.15) is 22.8 Å². The third kappa shape index (κ3) is 7.75. The Morgan fingerprint density at radius 1 is 0.925 bits per heavy atom. The van der Waals surface area contributed by atoms with Crippen LogP contribution in [0.2, 0.25) is 0 Å². The van der Waals surface area contributed by atoms with E-state index in [4.69, 9.17) is 13.9 Å². The van der Waals surface area contributed by atoms with Gasteiger partial charge in [-0.3, -0.25) is 10.1 Å². The Kier molecular flexibility index (Phi) is 8.38. The van der Waals surface area contributed by atoms with Crippen molar-refractivity contribution in [1.82, 2.24) is 9.88 Å². The van der Waals surface area contributed by atoms with E-state index >= 15 is 0 Å². The van der Waals surface area contributed by atoms with Crippen LogP contribution in [-0.2, 0) is 9.47 Å². The van der Waals surface area contributed by atoms with E-state index in [-0.39, 0.29) is 11.1 Å². The minimum atomic E-state index is -0.683. The highest BCUT2D eigenvalue weighted by atomic mass is 32.1. The standard InChI is InChI=1S/C28H35N5O6S/c1-27(2,3)38-25(35)30-19-10-9-18(21-8-7-15-37-21)16-20(19)29-23(34)24-31-22(17-40-24)32-11-13-33(14-12-32)26(36)39-28(4,5)6/h7-10,15-17H,11-14H2,1-6H3,(H,29,34)(H,30,35). The zero-order valence-corrected chi connectivity index (χ0v) is 24.4. The molecular weight excluding hydrogens is 534 g/mol. The second-order valence-electron chi connectivity index (χ2n) is 11.3. The minimum absolute atomic E-state index is 0.260. The number of anilines is 3. The van der Waals surface area contributed by atoms with Crippen molar-refractivity contribution in [3.8, 4) is 11.3 Å². The molecule has 11 nitrogen and oxygen atoms in total. The summed E-state index contributed by atoms with van der Waals surface area (Å²) in [5.41, 5.74) is 0.223. The SMILES string of the molecule is CC(C)(C)OC(=O)Nc1ccc(-c2ccco2)cc1NC(=O)c1nc(N2CCN(C(=O)OC(C)(C)C)CC2)cs1. The van der Waals surface area contributed by atoms with Gasteiger partial charge < -0.3 is 29.0 Å². The van der Waals surface area contributed by atoms with Crippen LogP contribution < -0.4 is 15.5 Å². The Bertz CT molecular complexity index is 1350. The molecule has 3 aromatic rings. The molecule has 0 radical (unpaired) electrons. The number of aromatic nitrogens is 1. The van der Waals surface area contributed by atoms with Crippen LogP contribution in [-0.4, -0.2) is 65.4 Å². The molecule has 214 valence electrons. The summed E-state index contributed by atoms with van der Waals surface area (Å²) in [4.78, 5) is 46.3. The molecule has 1 aromatic carbocycles. The van der Waals surface area contributed by atoms with Crippen molar-refractivity contribution in [3.63, 3.8) is 0 Å². The zero-order valence-electron chi connectivity index (χ0n) is 23.6. The summed E-state index contributed by atoms with van der Waals surface area (Å²) in [6.07, 6.45) is 0.582. The Labute approximate surface area is 237 Å². The predicted octanol–water partition coefficient (Wildman–Crippen LogP) is 6.06. The smallest absolute Gasteiger partial charge is 0.412 e. The van der Waals surface area contributed by atoms with Crippen LogP contribution in [0.5, 0.6) is 0 Å². The number of amides is 3. The van der Waals surface area contributed by atoms with Gasteiger partial charge in [-0.05, 0) is 71.9 Å². The first-order chi connectivity index (χ1) is 18.8. The molecule has 3 amide bonds. The summed E-state index contributed by atoms with van der Waals surface area (Å²) in [5, 5.41) is 7.65. The number of ether oxygens (including phenoxy) is 2. The van der Waals surface area contributed by atoms with Crippen LogP contribution in [0.15, 0.2) is 46.4 Å². The summed E-state index contributed by atoms with van der Waals surface area (Å²) in [6.45, 7) is 13.0. The molecule has 40 heavy (non-hydrogen) atoms. The third-order valence-electron chi connectivity index (χ3n) is 5.65. The lowest BCUT2D eigenvalue weighted by atomic mass is 10.1. The Hall–Kier alpha value is -4.06. The van der Waals surface area contributed by atoms with Crippen LogP contribution in [0.1, 0.15) is 51.3 Å². The van der Waals surface area contributed by atoms with Gasteiger partial charge in [-0.15, -0.1) is 11.3 Å². The van der Waals surface area contributed by atoms with Crippen molar-refractivity contribution in [2.24, 2.45) is 0 Å². The molecule has 0 aliphatic carbocycles. The lowest BCUT2D eigenvalue weighted by Gasteiger charge is -2.35. The average Bonchev–Trinajstić information content (AvgIpc) is 3.56. The van der Waals surface area contributed by atoms with Crippen LogP contribution >= 0.6 is 11.3 Å². The topological polar surface area (TPSA) is 126 Å². The number of benzene rings is 1. The highest BCUT2D eigenvalue weighted by Crippen LogP contribution is 2.31. The maximum Gasteiger partial charge on any atom is 0.412 e. The van der Waals surface area contributed by atoms with Gasteiger partial charge in [0.05, 0.1) is 17.6 Å². The van der Waals surface area contributed by atoms with Gasteiger partial charge in [0.15, 0.2) is 5.01 Å². The quantitative estimate of drug-likeness (QED) is 0.380. The number of hydrogen-bond donors (Lipinski definition) is 2. The molecular formula is C28H35N5O6S. The van der Waals surface area contributed by atoms with E-state index in [0.29, 0.717) is 49.1 Å². The fourth-order valence-corrected chi connectivity index (χ4v) is 4.62. The first kappa shape index (κ1) is 28.9. The van der Waals surface area contributed by atoms with Crippen LogP contribution in [0, 0.1) is 0 Å². The Balaban J connectivity index is 1.45. The van der Waals surface area contributed by atoms with Crippen molar-refractivity contribution in [3.05, 3.63) is 47.0 Å². The molecule has 0 spiro atoms. The summed E-state index contributed by atoms with van der Waals surface area (Å²) in [7, 11) is 0. The molecule has 0 unspecified atom stereocenters. The molecule has 0 saturated carbocycles. The molecule has 1 aliphatic rings. The highest BCUT2D eigenvalue weighted by Gasteiger charge is 2.27. The molecule has 2 aromatic heterocycles. The van der Waals surface area contributed by atoms with E-state index < -0.39 is 23.2 Å². The van der Waals surface area contributed by atoms with E-state index in [1.165, 1.54) is 11.3 Å². The molecule has 0 atom stereocenters. The minimum Gasteiger partial charge on any atom is -0.464 e. The summed E-state index contributed by atoms with van der Waals surface area (Å²) >= 11 is 1.21. The largest absolute Gasteiger partial charge is 0.464 e.